The molecular weight excluding hydrogens is 306 g/mol. The lowest BCUT2D eigenvalue weighted by atomic mass is 9.94. The third-order valence-electron chi connectivity index (χ3n) is 3.90. The zero-order chi connectivity index (χ0) is 17.3. The van der Waals surface area contributed by atoms with Gasteiger partial charge in [-0.15, -0.1) is 5.10 Å². The molecular formula is C17H19N5O2. The van der Waals surface area contributed by atoms with E-state index >= 15 is 0 Å². The summed E-state index contributed by atoms with van der Waals surface area (Å²) >= 11 is 0. The number of nitrogens with one attached hydrogen (secondary N) is 1. The minimum atomic E-state index is -0.370. The molecule has 1 atom stereocenters. The zero-order valence-corrected chi connectivity index (χ0v) is 13.8. The maximum Gasteiger partial charge on any atom is 0.273 e. The van der Waals surface area contributed by atoms with Gasteiger partial charge in [0.05, 0.1) is 12.2 Å². The molecule has 7 nitrogen and oxygen atoms in total. The lowest BCUT2D eigenvalue weighted by Gasteiger charge is -2.23. The van der Waals surface area contributed by atoms with Gasteiger partial charge in [0.2, 0.25) is 0 Å². The molecule has 0 aliphatic carbocycles. The van der Waals surface area contributed by atoms with Crippen molar-refractivity contribution in [2.24, 2.45) is 13.0 Å². The molecule has 7 heteroatoms. The van der Waals surface area contributed by atoms with E-state index in [1.54, 1.807) is 19.4 Å². The minimum Gasteiger partial charge on any atom is -0.505 e. The van der Waals surface area contributed by atoms with Crippen LogP contribution in [0.4, 0.5) is 0 Å². The summed E-state index contributed by atoms with van der Waals surface area (Å²) in [5, 5.41) is 22.0. The Hall–Kier alpha value is -2.96. The van der Waals surface area contributed by atoms with E-state index < -0.39 is 0 Å². The van der Waals surface area contributed by atoms with Gasteiger partial charge in [0, 0.05) is 24.2 Å². The summed E-state index contributed by atoms with van der Waals surface area (Å²) in [6.07, 6.45) is 3.18. The number of phenolic OH excluding ortho intramolecular Hbond substituents is 1. The van der Waals surface area contributed by atoms with Gasteiger partial charge in [-0.25, -0.2) is 0 Å². The van der Waals surface area contributed by atoms with E-state index in [0.29, 0.717) is 11.1 Å². The van der Waals surface area contributed by atoms with Gasteiger partial charge in [-0.1, -0.05) is 37.3 Å². The average Bonchev–Trinajstić information content (AvgIpc) is 3.00. The maximum atomic E-state index is 12.4. The van der Waals surface area contributed by atoms with Crippen LogP contribution in [0.2, 0.25) is 0 Å². The van der Waals surface area contributed by atoms with Crippen LogP contribution in [0.3, 0.4) is 0 Å². The van der Waals surface area contributed by atoms with Crippen molar-refractivity contribution in [1.29, 1.82) is 0 Å². The monoisotopic (exact) mass is 325 g/mol. The second-order valence-electron chi connectivity index (χ2n) is 6.05. The fourth-order valence-electron chi connectivity index (χ4n) is 2.67. The standard InChI is InChI=1S/C17H19N5O2/c1-10(2)14(19-17(24)13-9-22(3)21-20-13)12-7-6-11-5-4-8-18-15(11)16(12)23/h4-10,14,23H,1-3H3,(H,19,24). The van der Waals surface area contributed by atoms with Gasteiger partial charge in [-0.3, -0.25) is 14.5 Å². The minimum absolute atomic E-state index is 0.0673. The van der Waals surface area contributed by atoms with Crippen LogP contribution in [-0.4, -0.2) is 31.0 Å². The Morgan fingerprint density at radius 1 is 1.29 bits per heavy atom. The van der Waals surface area contributed by atoms with E-state index in [9.17, 15) is 9.90 Å². The van der Waals surface area contributed by atoms with Gasteiger partial charge in [0.25, 0.3) is 5.91 Å². The van der Waals surface area contributed by atoms with E-state index in [-0.39, 0.29) is 29.3 Å². The number of rotatable bonds is 4. The van der Waals surface area contributed by atoms with E-state index in [0.717, 1.165) is 5.39 Å². The first-order valence-electron chi connectivity index (χ1n) is 7.71. The molecule has 0 saturated heterocycles. The molecule has 1 unspecified atom stereocenters. The molecule has 0 radical (unpaired) electrons. The van der Waals surface area contributed by atoms with E-state index in [4.69, 9.17) is 0 Å². The molecule has 1 aromatic carbocycles. The Morgan fingerprint density at radius 2 is 2.08 bits per heavy atom. The van der Waals surface area contributed by atoms with Crippen LogP contribution in [0.25, 0.3) is 10.9 Å². The van der Waals surface area contributed by atoms with E-state index in [1.807, 2.05) is 38.1 Å². The largest absolute Gasteiger partial charge is 0.505 e. The molecule has 2 heterocycles. The number of benzene rings is 1. The Labute approximate surface area is 139 Å². The van der Waals surface area contributed by atoms with Gasteiger partial charge in [0.1, 0.15) is 11.3 Å². The highest BCUT2D eigenvalue weighted by Crippen LogP contribution is 2.34. The van der Waals surface area contributed by atoms with Crippen molar-refractivity contribution < 1.29 is 9.90 Å². The van der Waals surface area contributed by atoms with Gasteiger partial charge in [-0.05, 0) is 12.0 Å². The highest BCUT2D eigenvalue weighted by atomic mass is 16.3. The summed E-state index contributed by atoms with van der Waals surface area (Å²) in [5.74, 6) is -0.175. The molecule has 0 aliphatic heterocycles. The summed E-state index contributed by atoms with van der Waals surface area (Å²) in [5.41, 5.74) is 1.39. The molecule has 0 aliphatic rings. The molecule has 0 fully saturated rings. The summed E-state index contributed by atoms with van der Waals surface area (Å²) in [6.45, 7) is 3.95. The van der Waals surface area contributed by atoms with Crippen LogP contribution < -0.4 is 5.32 Å². The Morgan fingerprint density at radius 3 is 2.75 bits per heavy atom. The van der Waals surface area contributed by atoms with Crippen molar-refractivity contribution >= 4 is 16.8 Å². The molecule has 24 heavy (non-hydrogen) atoms. The van der Waals surface area contributed by atoms with Crippen LogP contribution in [0.1, 0.15) is 35.9 Å². The number of nitrogens with zero attached hydrogens (tertiary/aromatic N) is 4. The fourth-order valence-corrected chi connectivity index (χ4v) is 2.67. The lowest BCUT2D eigenvalue weighted by Crippen LogP contribution is -2.32. The molecule has 0 saturated carbocycles. The lowest BCUT2D eigenvalue weighted by molar-refractivity contribution is 0.0920. The Balaban J connectivity index is 1.96. The third-order valence-corrected chi connectivity index (χ3v) is 3.90. The first kappa shape index (κ1) is 15.9. The first-order chi connectivity index (χ1) is 11.5. The van der Waals surface area contributed by atoms with E-state index in [2.05, 4.69) is 20.6 Å². The van der Waals surface area contributed by atoms with Crippen molar-refractivity contribution in [2.75, 3.05) is 0 Å². The molecule has 0 bridgehead atoms. The summed E-state index contributed by atoms with van der Waals surface area (Å²) in [6, 6.07) is 7.04. The molecule has 0 spiro atoms. The summed E-state index contributed by atoms with van der Waals surface area (Å²) < 4.78 is 1.47. The summed E-state index contributed by atoms with van der Waals surface area (Å²) in [7, 11) is 1.70. The Kier molecular flexibility index (Phi) is 4.16. The highest BCUT2D eigenvalue weighted by molar-refractivity contribution is 5.92. The summed E-state index contributed by atoms with van der Waals surface area (Å²) in [4.78, 5) is 16.6. The normalized spacial score (nSPS) is 12.5. The molecule has 2 aromatic heterocycles. The highest BCUT2D eigenvalue weighted by Gasteiger charge is 2.24. The molecule has 3 aromatic rings. The number of phenols is 1. The van der Waals surface area contributed by atoms with E-state index in [1.165, 1.54) is 4.68 Å². The maximum absolute atomic E-state index is 12.4. The van der Waals surface area contributed by atoms with Crippen molar-refractivity contribution in [2.45, 2.75) is 19.9 Å². The van der Waals surface area contributed by atoms with Crippen molar-refractivity contribution in [3.8, 4) is 5.75 Å². The molecule has 3 rings (SSSR count). The number of aromatic nitrogens is 4. The smallest absolute Gasteiger partial charge is 0.273 e. The van der Waals surface area contributed by atoms with Crippen molar-refractivity contribution in [1.82, 2.24) is 25.3 Å². The number of hydrogen-bond acceptors (Lipinski definition) is 5. The first-order valence-corrected chi connectivity index (χ1v) is 7.71. The predicted octanol–water partition coefficient (Wildman–Crippen LogP) is 2.20. The number of aryl methyl sites for hydroxylation is 1. The zero-order valence-electron chi connectivity index (χ0n) is 13.8. The second kappa shape index (κ2) is 6.27. The quantitative estimate of drug-likeness (QED) is 0.767. The number of carbonyl (C=O) groups is 1. The predicted molar refractivity (Wildman–Crippen MR) is 89.5 cm³/mol. The van der Waals surface area contributed by atoms with Gasteiger partial charge < -0.3 is 10.4 Å². The number of aromatic hydroxyl groups is 1. The number of carbonyl (C=O) groups excluding carboxylic acids is 1. The van der Waals surface area contributed by atoms with Gasteiger partial charge >= 0.3 is 0 Å². The van der Waals surface area contributed by atoms with Gasteiger partial charge in [0.15, 0.2) is 5.69 Å². The number of pyridine rings is 1. The molecule has 2 N–H and O–H groups in total. The second-order valence-corrected chi connectivity index (χ2v) is 6.05. The molecule has 124 valence electrons. The fraction of sp³-hybridized carbons (Fsp3) is 0.294. The molecule has 1 amide bonds. The SMILES string of the molecule is CC(C)C(NC(=O)c1cn(C)nn1)c1ccc2cccnc2c1O. The van der Waals surface area contributed by atoms with Crippen LogP contribution in [0, 0.1) is 5.92 Å². The van der Waals surface area contributed by atoms with Crippen LogP contribution >= 0.6 is 0 Å². The number of amides is 1. The van der Waals surface area contributed by atoms with Crippen LogP contribution in [-0.2, 0) is 7.05 Å². The van der Waals surface area contributed by atoms with Crippen molar-refractivity contribution in [3.63, 3.8) is 0 Å². The third kappa shape index (κ3) is 2.92. The Bertz CT molecular complexity index is 888. The van der Waals surface area contributed by atoms with Gasteiger partial charge in [-0.2, -0.15) is 0 Å². The average molecular weight is 325 g/mol. The van der Waals surface area contributed by atoms with Crippen LogP contribution in [0.5, 0.6) is 5.75 Å². The number of hydrogen-bond donors (Lipinski definition) is 2. The van der Waals surface area contributed by atoms with Crippen LogP contribution in [0.15, 0.2) is 36.7 Å². The van der Waals surface area contributed by atoms with Crippen molar-refractivity contribution in [3.05, 3.63) is 47.9 Å². The number of fused-ring (bicyclic) bond motifs is 1. The topological polar surface area (TPSA) is 92.9 Å².